The molecule has 212 valence electrons. The van der Waals surface area contributed by atoms with E-state index in [1.165, 1.54) is 23.9 Å². The van der Waals surface area contributed by atoms with Crippen molar-refractivity contribution >= 4 is 39.9 Å². The molecule has 2 amide bonds. The minimum atomic E-state index is -3.99. The number of sulfonamides is 1. The van der Waals surface area contributed by atoms with E-state index in [4.69, 9.17) is 4.74 Å². The zero-order valence-electron chi connectivity index (χ0n) is 21.9. The van der Waals surface area contributed by atoms with Crippen LogP contribution in [0.3, 0.4) is 0 Å². The van der Waals surface area contributed by atoms with Gasteiger partial charge in [0, 0.05) is 12.2 Å². The van der Waals surface area contributed by atoms with Crippen molar-refractivity contribution < 1.29 is 31.9 Å². The van der Waals surface area contributed by atoms with Gasteiger partial charge in [0.15, 0.2) is 6.23 Å². The quantitative estimate of drug-likeness (QED) is 0.465. The minimum absolute atomic E-state index is 0.0877. The summed E-state index contributed by atoms with van der Waals surface area (Å²) in [7, 11) is -3.99. The van der Waals surface area contributed by atoms with E-state index in [0.717, 1.165) is 17.7 Å². The van der Waals surface area contributed by atoms with Crippen LogP contribution in [0.25, 0.3) is 0 Å². The monoisotopic (exact) mass is 579 g/mol. The molecule has 2 aromatic carbocycles. The van der Waals surface area contributed by atoms with Gasteiger partial charge in [0.1, 0.15) is 23.9 Å². The van der Waals surface area contributed by atoms with E-state index in [1.807, 2.05) is 13.8 Å². The van der Waals surface area contributed by atoms with E-state index in [9.17, 15) is 27.2 Å². The van der Waals surface area contributed by atoms with Crippen LogP contribution < -0.4 is 20.1 Å². The smallest absolute Gasteiger partial charge is 0.243 e. The van der Waals surface area contributed by atoms with Gasteiger partial charge in [0.25, 0.3) is 0 Å². The molecule has 2 aliphatic heterocycles. The lowest BCUT2D eigenvalue weighted by molar-refractivity contribution is -0.131. The van der Waals surface area contributed by atoms with E-state index in [1.54, 1.807) is 24.3 Å². The Hall–Kier alpha value is -2.96. The van der Waals surface area contributed by atoms with Crippen molar-refractivity contribution in [3.05, 3.63) is 59.9 Å². The molecule has 4 rings (SSSR count). The van der Waals surface area contributed by atoms with Gasteiger partial charge in [0.2, 0.25) is 21.8 Å². The molecule has 0 spiro atoms. The summed E-state index contributed by atoms with van der Waals surface area (Å²) in [6, 6.07) is 9.99. The first kappa shape index (κ1) is 30.6. The molecule has 0 radical (unpaired) electrons. The Morgan fingerprint density at radius 2 is 1.74 bits per heavy atom. The van der Waals surface area contributed by atoms with Gasteiger partial charge in [-0.3, -0.25) is 9.59 Å². The van der Waals surface area contributed by atoms with Gasteiger partial charge < -0.3 is 20.2 Å². The highest BCUT2D eigenvalue weighted by Crippen LogP contribution is 2.19. The van der Waals surface area contributed by atoms with Crippen molar-refractivity contribution in [2.24, 2.45) is 5.92 Å². The SMILES string of the molecule is CC(C)[C@@H]1NC(=O)CCc2ccc(cc2)OC(NS(=O)(=O)c2ccc(F)cc2)CCCSC[C@@H](C=O)NC1=O. The Morgan fingerprint density at radius 3 is 2.38 bits per heavy atom. The molecule has 1 unspecified atom stereocenters. The average molecular weight is 580 g/mol. The number of carbonyl (C=O) groups is 3. The van der Waals surface area contributed by atoms with Crippen LogP contribution in [0.2, 0.25) is 0 Å². The fourth-order valence-electron chi connectivity index (χ4n) is 3.90. The lowest BCUT2D eigenvalue weighted by atomic mass is 10.0. The second-order valence-corrected chi connectivity index (χ2v) is 12.4. The van der Waals surface area contributed by atoms with Gasteiger partial charge in [-0.25, -0.2) is 12.8 Å². The van der Waals surface area contributed by atoms with Crippen molar-refractivity contribution in [1.82, 2.24) is 15.4 Å². The summed E-state index contributed by atoms with van der Waals surface area (Å²) in [4.78, 5) is 36.9. The number of aryl methyl sites for hydroxylation is 1. The maximum absolute atomic E-state index is 13.3. The van der Waals surface area contributed by atoms with Gasteiger partial charge in [-0.1, -0.05) is 26.0 Å². The van der Waals surface area contributed by atoms with Crippen LogP contribution in [-0.4, -0.2) is 56.3 Å². The van der Waals surface area contributed by atoms with Crippen LogP contribution >= 0.6 is 11.8 Å². The van der Waals surface area contributed by atoms with E-state index in [0.29, 0.717) is 42.8 Å². The van der Waals surface area contributed by atoms with Gasteiger partial charge >= 0.3 is 0 Å². The number of carbonyl (C=O) groups excluding carboxylic acids is 3. The Labute approximate surface area is 232 Å². The lowest BCUT2D eigenvalue weighted by Gasteiger charge is -2.23. The molecule has 0 fully saturated rings. The first-order valence-electron chi connectivity index (χ1n) is 12.7. The minimum Gasteiger partial charge on any atom is -0.474 e. The van der Waals surface area contributed by atoms with Gasteiger partial charge in [-0.15, -0.1) is 0 Å². The predicted molar refractivity (Wildman–Crippen MR) is 147 cm³/mol. The van der Waals surface area contributed by atoms with Crippen LogP contribution in [0, 0.1) is 11.7 Å². The fourth-order valence-corrected chi connectivity index (χ4v) is 6.00. The zero-order chi connectivity index (χ0) is 28.4. The molecular formula is C27H34FN3O6S2. The maximum Gasteiger partial charge on any atom is 0.243 e. The summed E-state index contributed by atoms with van der Waals surface area (Å²) in [5.74, 6) is -0.0807. The molecule has 3 N–H and O–H groups in total. The summed E-state index contributed by atoms with van der Waals surface area (Å²) in [5.41, 5.74) is 0.863. The van der Waals surface area contributed by atoms with Crippen LogP contribution in [0.1, 0.15) is 38.7 Å². The second-order valence-electron chi connectivity index (χ2n) is 9.58. The molecule has 0 aromatic heterocycles. The number of amides is 2. The molecule has 2 aliphatic rings. The highest BCUT2D eigenvalue weighted by molar-refractivity contribution is 7.99. The number of halogens is 1. The second kappa shape index (κ2) is 14.4. The van der Waals surface area contributed by atoms with Crippen molar-refractivity contribution in [3.8, 4) is 5.75 Å². The third-order valence-corrected chi connectivity index (χ3v) is 8.70. The summed E-state index contributed by atoms with van der Waals surface area (Å²) < 4.78 is 47.6. The molecule has 0 saturated carbocycles. The Kier molecular flexibility index (Phi) is 11.3. The van der Waals surface area contributed by atoms with E-state index < -0.39 is 40.1 Å². The van der Waals surface area contributed by atoms with Crippen molar-refractivity contribution in [1.29, 1.82) is 0 Å². The summed E-state index contributed by atoms with van der Waals surface area (Å²) >= 11 is 1.43. The molecule has 2 bridgehead atoms. The third kappa shape index (κ3) is 9.63. The Morgan fingerprint density at radius 1 is 1.05 bits per heavy atom. The highest BCUT2D eigenvalue weighted by Gasteiger charge is 2.26. The van der Waals surface area contributed by atoms with Crippen LogP contribution in [0.15, 0.2) is 53.4 Å². The van der Waals surface area contributed by atoms with Gasteiger partial charge in [-0.2, -0.15) is 16.5 Å². The molecular weight excluding hydrogens is 545 g/mol. The molecule has 12 heteroatoms. The summed E-state index contributed by atoms with van der Waals surface area (Å²) in [5, 5.41) is 5.48. The standard InChI is InChI=1S/C27H34FN3O6S2/c1-18(2)26-27(34)29-21(16-32)17-38-15-3-4-25(31-39(35,36)23-12-8-20(28)9-13-23)37-22-10-5-19(6-11-22)7-14-24(33)30-26/h5-6,8-13,16,18,21,25-26,31H,3-4,7,14-15,17H2,1-2H3,(H,29,34)(H,30,33)/t21-,25?,26+/m1/s1. The van der Waals surface area contributed by atoms with Crippen LogP contribution in [0.4, 0.5) is 4.39 Å². The predicted octanol–water partition coefficient (Wildman–Crippen LogP) is 2.79. The molecule has 2 heterocycles. The lowest BCUT2D eigenvalue weighted by Crippen LogP contribution is -2.53. The number of benzene rings is 2. The number of thioether (sulfide) groups is 1. The number of aldehydes is 1. The molecule has 0 aliphatic carbocycles. The van der Waals surface area contributed by atoms with E-state index in [-0.39, 0.29) is 23.1 Å². The Balaban J connectivity index is 1.77. The van der Waals surface area contributed by atoms with Crippen molar-refractivity contribution in [2.75, 3.05) is 11.5 Å². The van der Waals surface area contributed by atoms with Gasteiger partial charge in [-0.05, 0) is 72.9 Å². The Bertz CT molecular complexity index is 1220. The van der Waals surface area contributed by atoms with Crippen LogP contribution in [0.5, 0.6) is 5.75 Å². The van der Waals surface area contributed by atoms with E-state index >= 15 is 0 Å². The first-order valence-corrected chi connectivity index (χ1v) is 15.4. The number of rotatable bonds is 5. The third-order valence-electron chi connectivity index (χ3n) is 6.06. The number of hydrogen-bond donors (Lipinski definition) is 3. The fraction of sp³-hybridized carbons (Fsp3) is 0.444. The normalized spacial score (nSPS) is 22.1. The van der Waals surface area contributed by atoms with Gasteiger partial charge in [0.05, 0.1) is 10.9 Å². The molecule has 39 heavy (non-hydrogen) atoms. The molecule has 0 saturated heterocycles. The largest absolute Gasteiger partial charge is 0.474 e. The number of hydrogen-bond acceptors (Lipinski definition) is 7. The first-order chi connectivity index (χ1) is 18.6. The molecule has 2 aromatic rings. The van der Waals surface area contributed by atoms with Crippen molar-refractivity contribution in [2.45, 2.75) is 62.7 Å². The maximum atomic E-state index is 13.3. The molecule has 9 nitrogen and oxygen atoms in total. The van der Waals surface area contributed by atoms with Crippen molar-refractivity contribution in [3.63, 3.8) is 0 Å². The van der Waals surface area contributed by atoms with Crippen LogP contribution in [-0.2, 0) is 30.8 Å². The number of fused-ring (bicyclic) bond motifs is 16. The molecule has 3 atom stereocenters. The van der Waals surface area contributed by atoms with E-state index in [2.05, 4.69) is 15.4 Å². The number of nitrogens with one attached hydrogen (secondary N) is 3. The zero-order valence-corrected chi connectivity index (χ0v) is 23.5. The average Bonchev–Trinajstić information content (AvgIpc) is 2.89. The number of ether oxygens (including phenoxy) is 1. The summed E-state index contributed by atoms with van der Waals surface area (Å²) in [6.45, 7) is 3.65. The highest BCUT2D eigenvalue weighted by atomic mass is 32.2. The topological polar surface area (TPSA) is 131 Å². The summed E-state index contributed by atoms with van der Waals surface area (Å²) in [6.07, 6.45) is 1.20.